The number of anilines is 1. The van der Waals surface area contributed by atoms with E-state index in [1.54, 1.807) is 11.8 Å². The van der Waals surface area contributed by atoms with Crippen molar-refractivity contribution in [3.8, 4) is 28.5 Å². The van der Waals surface area contributed by atoms with Crippen LogP contribution in [0.2, 0.25) is 5.02 Å². The van der Waals surface area contributed by atoms with Gasteiger partial charge in [-0.05, 0) is 43.2 Å². The largest absolute Gasteiger partial charge is 0.455 e. The molecule has 0 radical (unpaired) electrons. The third-order valence-electron chi connectivity index (χ3n) is 5.90. The predicted octanol–water partition coefficient (Wildman–Crippen LogP) is 7.94. The van der Waals surface area contributed by atoms with Crippen LogP contribution in [0.4, 0.5) is 5.69 Å². The first kappa shape index (κ1) is 23.7. The number of ether oxygens (including phenoxy) is 1. The fourth-order valence-electron chi connectivity index (χ4n) is 3.92. The van der Waals surface area contributed by atoms with Gasteiger partial charge in [0.2, 0.25) is 17.3 Å². The van der Waals surface area contributed by atoms with E-state index in [-0.39, 0.29) is 0 Å². The molecule has 0 bridgehead atoms. The standard InChI is InChI=1S/C27H27ClN4O2S/c1-3-4-5-8-15-35-27-30-26-24(31-32-27)19-9-6-7-10-21(19)29-25(34-26)23-14-13-22(33-23)18-12-11-17(2)20(28)16-18/h6-7,9-14,16,25,29H,3-5,8,15H2,1-2H3/t25-/m0/s1. The number of benzene rings is 2. The van der Waals surface area contributed by atoms with Crippen molar-refractivity contribution in [1.29, 1.82) is 0 Å². The van der Waals surface area contributed by atoms with E-state index in [9.17, 15) is 0 Å². The number of halogens is 1. The van der Waals surface area contributed by atoms with E-state index >= 15 is 0 Å². The van der Waals surface area contributed by atoms with Crippen molar-refractivity contribution in [1.82, 2.24) is 15.2 Å². The van der Waals surface area contributed by atoms with Gasteiger partial charge in [0.05, 0.1) is 0 Å². The number of hydrogen-bond acceptors (Lipinski definition) is 7. The second kappa shape index (κ2) is 10.7. The van der Waals surface area contributed by atoms with Crippen LogP contribution in [-0.4, -0.2) is 20.9 Å². The SMILES string of the molecule is CCCCCCSc1nnc2c(n1)O[C@@H](c1ccc(-c3ccc(C)c(Cl)c3)o1)Nc1ccccc1-2. The molecule has 35 heavy (non-hydrogen) atoms. The minimum atomic E-state index is -0.578. The van der Waals surface area contributed by atoms with Crippen LogP contribution in [-0.2, 0) is 0 Å². The summed E-state index contributed by atoms with van der Waals surface area (Å²) in [5, 5.41) is 13.6. The highest BCUT2D eigenvalue weighted by Crippen LogP contribution is 2.40. The van der Waals surface area contributed by atoms with Gasteiger partial charge in [0.1, 0.15) is 5.76 Å². The summed E-state index contributed by atoms with van der Waals surface area (Å²) in [7, 11) is 0. The molecular formula is C27H27ClN4O2S. The summed E-state index contributed by atoms with van der Waals surface area (Å²) < 4.78 is 12.6. The number of fused-ring (bicyclic) bond motifs is 3. The molecule has 0 spiro atoms. The summed E-state index contributed by atoms with van der Waals surface area (Å²) in [6, 6.07) is 17.6. The van der Waals surface area contributed by atoms with E-state index in [4.69, 9.17) is 25.7 Å². The Morgan fingerprint density at radius 1 is 1.03 bits per heavy atom. The smallest absolute Gasteiger partial charge is 0.247 e. The number of unbranched alkanes of at least 4 members (excludes halogenated alkanes) is 3. The number of thioether (sulfide) groups is 1. The second-order valence-corrected chi connectivity index (χ2v) is 9.98. The molecule has 1 N–H and O–H groups in total. The first-order chi connectivity index (χ1) is 17.1. The normalized spacial score (nSPS) is 14.4. The maximum atomic E-state index is 6.35. The topological polar surface area (TPSA) is 73.1 Å². The van der Waals surface area contributed by atoms with Crippen LogP contribution in [0.1, 0.15) is 50.2 Å². The lowest BCUT2D eigenvalue weighted by molar-refractivity contribution is 0.196. The van der Waals surface area contributed by atoms with E-state index in [1.165, 1.54) is 19.3 Å². The van der Waals surface area contributed by atoms with Gasteiger partial charge in [-0.1, -0.05) is 79.9 Å². The minimum Gasteiger partial charge on any atom is -0.455 e. The molecule has 0 amide bonds. The number of aromatic nitrogens is 3. The van der Waals surface area contributed by atoms with Gasteiger partial charge in [0.25, 0.3) is 0 Å². The number of furan rings is 1. The Hall–Kier alpha value is -3.03. The van der Waals surface area contributed by atoms with E-state index in [0.717, 1.165) is 34.6 Å². The molecule has 1 aliphatic rings. The summed E-state index contributed by atoms with van der Waals surface area (Å²) >= 11 is 7.94. The lowest BCUT2D eigenvalue weighted by Crippen LogP contribution is -2.16. The second-order valence-electron chi connectivity index (χ2n) is 8.51. The number of hydrogen-bond donors (Lipinski definition) is 1. The van der Waals surface area contributed by atoms with Gasteiger partial charge in [-0.3, -0.25) is 0 Å². The van der Waals surface area contributed by atoms with Gasteiger partial charge < -0.3 is 14.5 Å². The molecule has 8 heteroatoms. The maximum absolute atomic E-state index is 6.35. The summed E-state index contributed by atoms with van der Waals surface area (Å²) in [6.45, 7) is 4.19. The summed E-state index contributed by atoms with van der Waals surface area (Å²) in [5.41, 5.74) is 4.32. The van der Waals surface area contributed by atoms with Crippen molar-refractivity contribution < 1.29 is 9.15 Å². The average molecular weight is 507 g/mol. The summed E-state index contributed by atoms with van der Waals surface area (Å²) in [5.74, 6) is 2.75. The molecule has 6 nitrogen and oxygen atoms in total. The van der Waals surface area contributed by atoms with Crippen molar-refractivity contribution in [2.45, 2.75) is 50.9 Å². The van der Waals surface area contributed by atoms with Gasteiger partial charge in [0.15, 0.2) is 11.5 Å². The molecule has 0 fully saturated rings. The van der Waals surface area contributed by atoms with Crippen LogP contribution >= 0.6 is 23.4 Å². The predicted molar refractivity (Wildman–Crippen MR) is 141 cm³/mol. The molecular weight excluding hydrogens is 480 g/mol. The van der Waals surface area contributed by atoms with Crippen LogP contribution in [0.25, 0.3) is 22.6 Å². The fraction of sp³-hybridized carbons (Fsp3) is 0.296. The Labute approximate surface area is 214 Å². The van der Waals surface area contributed by atoms with Gasteiger partial charge in [-0.25, -0.2) is 0 Å². The minimum absolute atomic E-state index is 0.440. The molecule has 3 heterocycles. The molecule has 1 atom stereocenters. The highest BCUT2D eigenvalue weighted by atomic mass is 35.5. The molecule has 5 rings (SSSR count). The summed E-state index contributed by atoms with van der Waals surface area (Å²) in [6.07, 6.45) is 4.23. The zero-order chi connectivity index (χ0) is 24.2. The third kappa shape index (κ3) is 5.31. The Morgan fingerprint density at radius 3 is 2.77 bits per heavy atom. The van der Waals surface area contributed by atoms with Crippen molar-refractivity contribution in [2.75, 3.05) is 11.1 Å². The van der Waals surface area contributed by atoms with Crippen LogP contribution < -0.4 is 10.1 Å². The van der Waals surface area contributed by atoms with Gasteiger partial charge in [-0.2, -0.15) is 4.98 Å². The van der Waals surface area contributed by atoms with Crippen LogP contribution in [0.15, 0.2) is 64.2 Å². The Kier molecular flexibility index (Phi) is 7.25. The zero-order valence-corrected chi connectivity index (χ0v) is 21.3. The van der Waals surface area contributed by atoms with E-state index in [0.29, 0.717) is 33.3 Å². The molecule has 180 valence electrons. The first-order valence-electron chi connectivity index (χ1n) is 11.9. The molecule has 0 saturated carbocycles. The highest BCUT2D eigenvalue weighted by molar-refractivity contribution is 7.99. The number of para-hydroxylation sites is 1. The van der Waals surface area contributed by atoms with Crippen molar-refractivity contribution in [2.24, 2.45) is 0 Å². The van der Waals surface area contributed by atoms with Crippen LogP contribution in [0, 0.1) is 6.92 Å². The quantitative estimate of drug-likeness (QED) is 0.192. The van der Waals surface area contributed by atoms with Crippen LogP contribution in [0.5, 0.6) is 5.88 Å². The highest BCUT2D eigenvalue weighted by Gasteiger charge is 2.28. The lowest BCUT2D eigenvalue weighted by Gasteiger charge is -2.16. The first-order valence-corrected chi connectivity index (χ1v) is 13.2. The number of aryl methyl sites for hydroxylation is 1. The van der Waals surface area contributed by atoms with Crippen molar-refractivity contribution in [3.05, 3.63) is 70.9 Å². The number of rotatable bonds is 8. The van der Waals surface area contributed by atoms with E-state index in [2.05, 4.69) is 22.4 Å². The fourth-order valence-corrected chi connectivity index (χ4v) is 4.88. The van der Waals surface area contributed by atoms with E-state index < -0.39 is 6.23 Å². The van der Waals surface area contributed by atoms with E-state index in [1.807, 2.05) is 61.5 Å². The van der Waals surface area contributed by atoms with Gasteiger partial charge in [0, 0.05) is 27.6 Å². The average Bonchev–Trinajstić information content (AvgIpc) is 3.30. The number of nitrogens with zero attached hydrogens (tertiary/aromatic N) is 3. The van der Waals surface area contributed by atoms with Crippen molar-refractivity contribution in [3.63, 3.8) is 0 Å². The summed E-state index contributed by atoms with van der Waals surface area (Å²) in [4.78, 5) is 4.72. The maximum Gasteiger partial charge on any atom is 0.247 e. The Morgan fingerprint density at radius 2 is 1.91 bits per heavy atom. The molecule has 0 saturated heterocycles. The third-order valence-corrected chi connectivity index (χ3v) is 7.24. The molecule has 2 aromatic heterocycles. The molecule has 0 unspecified atom stereocenters. The Balaban J connectivity index is 1.43. The monoisotopic (exact) mass is 506 g/mol. The lowest BCUT2D eigenvalue weighted by atomic mass is 10.1. The molecule has 4 aromatic rings. The van der Waals surface area contributed by atoms with Gasteiger partial charge in [-0.15, -0.1) is 10.2 Å². The van der Waals surface area contributed by atoms with Crippen molar-refractivity contribution >= 4 is 29.1 Å². The van der Waals surface area contributed by atoms with Crippen LogP contribution in [0.3, 0.4) is 0 Å². The molecule has 0 aliphatic carbocycles. The molecule has 1 aliphatic heterocycles. The Bertz CT molecular complexity index is 1330. The zero-order valence-electron chi connectivity index (χ0n) is 19.8. The van der Waals surface area contributed by atoms with Gasteiger partial charge >= 0.3 is 0 Å². The molecule has 2 aromatic carbocycles. The number of nitrogens with one attached hydrogen (secondary N) is 1.